The molecule has 0 amide bonds. The fourth-order valence-electron chi connectivity index (χ4n) is 2.08. The number of halogens is 1. The molecular formula is C14H20ClNO3. The molecule has 1 fully saturated rings. The molecule has 19 heavy (non-hydrogen) atoms. The van der Waals surface area contributed by atoms with Crippen molar-refractivity contribution in [3.63, 3.8) is 0 Å². The van der Waals surface area contributed by atoms with E-state index in [2.05, 4.69) is 11.8 Å². The van der Waals surface area contributed by atoms with Crippen LogP contribution in [0.25, 0.3) is 0 Å². The maximum Gasteiger partial charge on any atom is 0.119 e. The van der Waals surface area contributed by atoms with Gasteiger partial charge in [-0.25, -0.2) is 0 Å². The van der Waals surface area contributed by atoms with Crippen LogP contribution in [-0.4, -0.2) is 55.1 Å². The highest BCUT2D eigenvalue weighted by atomic mass is 35.5. The van der Waals surface area contributed by atoms with Crippen molar-refractivity contribution in [1.29, 1.82) is 0 Å². The molecule has 1 aromatic rings. The summed E-state index contributed by atoms with van der Waals surface area (Å²) in [7, 11) is 0. The topological polar surface area (TPSA) is 41.9 Å². The summed E-state index contributed by atoms with van der Waals surface area (Å²) in [4.78, 5) is 2.22. The minimum atomic E-state index is -0.503. The molecule has 1 heterocycles. The van der Waals surface area contributed by atoms with Crippen molar-refractivity contribution in [3.05, 3.63) is 29.3 Å². The summed E-state index contributed by atoms with van der Waals surface area (Å²) in [6.07, 6.45) is -0.503. The van der Waals surface area contributed by atoms with Crippen LogP contribution in [0, 0.1) is 0 Å². The van der Waals surface area contributed by atoms with Gasteiger partial charge in [-0.2, -0.15) is 0 Å². The van der Waals surface area contributed by atoms with E-state index in [1.54, 1.807) is 24.3 Å². The smallest absolute Gasteiger partial charge is 0.119 e. The Morgan fingerprint density at radius 3 is 2.89 bits per heavy atom. The number of hydrogen-bond acceptors (Lipinski definition) is 4. The molecule has 1 aliphatic heterocycles. The van der Waals surface area contributed by atoms with Crippen LogP contribution in [0.4, 0.5) is 0 Å². The molecule has 0 spiro atoms. The Bertz CT molecular complexity index is 385. The Labute approximate surface area is 118 Å². The first-order chi connectivity index (χ1) is 9.15. The van der Waals surface area contributed by atoms with Crippen LogP contribution in [0.3, 0.4) is 0 Å². The Morgan fingerprint density at radius 2 is 2.21 bits per heavy atom. The number of benzene rings is 1. The van der Waals surface area contributed by atoms with Gasteiger partial charge in [0.05, 0.1) is 13.2 Å². The lowest BCUT2D eigenvalue weighted by atomic mass is 10.2. The minimum absolute atomic E-state index is 0.283. The molecule has 106 valence electrons. The van der Waals surface area contributed by atoms with E-state index in [0.717, 1.165) is 25.5 Å². The molecule has 1 aliphatic rings. The molecule has 2 unspecified atom stereocenters. The largest absolute Gasteiger partial charge is 0.491 e. The third kappa shape index (κ3) is 4.66. The minimum Gasteiger partial charge on any atom is -0.491 e. The van der Waals surface area contributed by atoms with Gasteiger partial charge >= 0.3 is 0 Å². The van der Waals surface area contributed by atoms with Crippen LogP contribution >= 0.6 is 11.6 Å². The number of rotatable bonds is 5. The third-order valence-corrected chi connectivity index (χ3v) is 3.46. The molecule has 4 nitrogen and oxygen atoms in total. The van der Waals surface area contributed by atoms with E-state index in [0.29, 0.717) is 17.6 Å². The van der Waals surface area contributed by atoms with Gasteiger partial charge in [0.1, 0.15) is 18.5 Å². The SMILES string of the molecule is CC1COCCN1CC(O)COc1ccc(Cl)cc1. The number of aliphatic hydroxyl groups excluding tert-OH is 1. The zero-order chi connectivity index (χ0) is 13.7. The second-order valence-electron chi connectivity index (χ2n) is 4.84. The molecule has 0 aliphatic carbocycles. The lowest BCUT2D eigenvalue weighted by Gasteiger charge is -2.34. The van der Waals surface area contributed by atoms with Gasteiger partial charge in [-0.3, -0.25) is 4.90 Å². The standard InChI is InChI=1S/C14H20ClNO3/c1-11-9-18-7-6-16(11)8-13(17)10-19-14-4-2-12(15)3-5-14/h2-5,11,13,17H,6-10H2,1H3. The van der Waals surface area contributed by atoms with Gasteiger partial charge in [0.2, 0.25) is 0 Å². The van der Waals surface area contributed by atoms with Crippen LogP contribution in [0.5, 0.6) is 5.75 Å². The van der Waals surface area contributed by atoms with Gasteiger partial charge < -0.3 is 14.6 Å². The molecule has 2 rings (SSSR count). The molecule has 0 saturated carbocycles. The van der Waals surface area contributed by atoms with Gasteiger partial charge in [0.15, 0.2) is 0 Å². The third-order valence-electron chi connectivity index (χ3n) is 3.21. The molecule has 0 bridgehead atoms. The van der Waals surface area contributed by atoms with Crippen LogP contribution in [0.1, 0.15) is 6.92 Å². The monoisotopic (exact) mass is 285 g/mol. The maximum atomic E-state index is 10.0. The van der Waals surface area contributed by atoms with Crippen LogP contribution in [0.15, 0.2) is 24.3 Å². The number of morpholine rings is 1. The first-order valence-electron chi connectivity index (χ1n) is 6.53. The molecule has 1 N–H and O–H groups in total. The van der Waals surface area contributed by atoms with Crippen molar-refractivity contribution < 1.29 is 14.6 Å². The van der Waals surface area contributed by atoms with Gasteiger partial charge in [-0.15, -0.1) is 0 Å². The summed E-state index contributed by atoms with van der Waals surface area (Å²) >= 11 is 5.80. The Hall–Kier alpha value is -0.810. The second kappa shape index (κ2) is 7.10. The first kappa shape index (κ1) is 14.6. The molecular weight excluding hydrogens is 266 g/mol. The highest BCUT2D eigenvalue weighted by molar-refractivity contribution is 6.30. The lowest BCUT2D eigenvalue weighted by Crippen LogP contribution is -2.47. The van der Waals surface area contributed by atoms with Crippen molar-refractivity contribution in [2.24, 2.45) is 0 Å². The van der Waals surface area contributed by atoms with Crippen LogP contribution in [-0.2, 0) is 4.74 Å². The average molecular weight is 286 g/mol. The van der Waals surface area contributed by atoms with Gasteiger partial charge in [-0.1, -0.05) is 11.6 Å². The zero-order valence-corrected chi connectivity index (χ0v) is 11.8. The number of ether oxygens (including phenoxy) is 2. The highest BCUT2D eigenvalue weighted by Gasteiger charge is 2.21. The van der Waals surface area contributed by atoms with E-state index in [4.69, 9.17) is 21.1 Å². The molecule has 5 heteroatoms. The molecule has 1 saturated heterocycles. The highest BCUT2D eigenvalue weighted by Crippen LogP contribution is 2.16. The Balaban J connectivity index is 1.74. The van der Waals surface area contributed by atoms with Crippen molar-refractivity contribution in [3.8, 4) is 5.75 Å². The number of nitrogens with zero attached hydrogens (tertiary/aromatic N) is 1. The van der Waals surface area contributed by atoms with Gasteiger partial charge in [-0.05, 0) is 31.2 Å². The van der Waals surface area contributed by atoms with E-state index in [1.165, 1.54) is 0 Å². The lowest BCUT2D eigenvalue weighted by molar-refractivity contribution is -0.0265. The summed E-state index contributed by atoms with van der Waals surface area (Å²) in [5, 5.41) is 10.7. The molecule has 2 atom stereocenters. The van der Waals surface area contributed by atoms with E-state index < -0.39 is 6.10 Å². The van der Waals surface area contributed by atoms with Crippen molar-refractivity contribution in [1.82, 2.24) is 4.90 Å². The fraction of sp³-hybridized carbons (Fsp3) is 0.571. The molecule has 1 aromatic carbocycles. The van der Waals surface area contributed by atoms with E-state index in [1.807, 2.05) is 0 Å². The maximum absolute atomic E-state index is 10.0. The van der Waals surface area contributed by atoms with Crippen molar-refractivity contribution >= 4 is 11.6 Å². The fourth-order valence-corrected chi connectivity index (χ4v) is 2.21. The van der Waals surface area contributed by atoms with Gasteiger partial charge in [0.25, 0.3) is 0 Å². The van der Waals surface area contributed by atoms with E-state index in [9.17, 15) is 5.11 Å². The van der Waals surface area contributed by atoms with E-state index >= 15 is 0 Å². The van der Waals surface area contributed by atoms with Crippen LogP contribution in [0.2, 0.25) is 5.02 Å². The molecule has 0 radical (unpaired) electrons. The Kier molecular flexibility index (Phi) is 5.45. The first-order valence-corrected chi connectivity index (χ1v) is 6.91. The normalized spacial score (nSPS) is 22.2. The second-order valence-corrected chi connectivity index (χ2v) is 5.27. The molecule has 0 aromatic heterocycles. The van der Waals surface area contributed by atoms with Crippen LogP contribution < -0.4 is 4.74 Å². The number of β-amino-alcohol motifs (C(OH)–C–C–N with tert-alkyl or cyclic N) is 1. The summed E-state index contributed by atoms with van der Waals surface area (Å²) in [5.41, 5.74) is 0. The number of aliphatic hydroxyl groups is 1. The zero-order valence-electron chi connectivity index (χ0n) is 11.1. The average Bonchev–Trinajstić information content (AvgIpc) is 2.41. The summed E-state index contributed by atoms with van der Waals surface area (Å²) in [6, 6.07) is 7.48. The summed E-state index contributed by atoms with van der Waals surface area (Å²) in [5.74, 6) is 0.721. The van der Waals surface area contributed by atoms with E-state index in [-0.39, 0.29) is 6.61 Å². The summed E-state index contributed by atoms with van der Waals surface area (Å²) in [6.45, 7) is 5.31. The van der Waals surface area contributed by atoms with Crippen molar-refractivity contribution in [2.45, 2.75) is 19.1 Å². The predicted molar refractivity (Wildman–Crippen MR) is 74.8 cm³/mol. The van der Waals surface area contributed by atoms with Crippen molar-refractivity contribution in [2.75, 3.05) is 32.9 Å². The van der Waals surface area contributed by atoms with Gasteiger partial charge in [0, 0.05) is 24.2 Å². The Morgan fingerprint density at radius 1 is 1.47 bits per heavy atom. The summed E-state index contributed by atoms with van der Waals surface area (Å²) < 4.78 is 10.9. The predicted octanol–water partition coefficient (Wildman–Crippen LogP) is 1.80. The quantitative estimate of drug-likeness (QED) is 0.896. The number of hydrogen-bond donors (Lipinski definition) is 1.